The largest absolute Gasteiger partial charge is 0.340 e. The molecule has 1 aliphatic heterocycles. The first-order valence-corrected chi connectivity index (χ1v) is 8.28. The highest BCUT2D eigenvalue weighted by Gasteiger charge is 2.29. The lowest BCUT2D eigenvalue weighted by atomic mass is 9.81. The highest BCUT2D eigenvalue weighted by atomic mass is 16.2. The first kappa shape index (κ1) is 14.6. The van der Waals surface area contributed by atoms with E-state index in [1.807, 2.05) is 4.90 Å². The minimum Gasteiger partial charge on any atom is -0.340 e. The lowest BCUT2D eigenvalue weighted by Crippen LogP contribution is -2.52. The van der Waals surface area contributed by atoms with E-state index in [-0.39, 0.29) is 5.91 Å². The summed E-state index contributed by atoms with van der Waals surface area (Å²) in [5, 5.41) is 0. The predicted octanol–water partition coefficient (Wildman–Crippen LogP) is 2.88. The number of carbonyl (C=O) groups excluding carboxylic acids is 1. The second-order valence-electron chi connectivity index (χ2n) is 6.46. The third-order valence-electron chi connectivity index (χ3n) is 5.24. The molecule has 0 unspecified atom stereocenters. The van der Waals surface area contributed by atoms with Crippen LogP contribution in [-0.2, 0) is 4.79 Å². The molecule has 0 N–H and O–H groups in total. The molecule has 3 rings (SSSR count). The van der Waals surface area contributed by atoms with Crippen LogP contribution in [0.1, 0.15) is 44.1 Å². The third kappa shape index (κ3) is 3.46. The molecule has 3 nitrogen and oxygen atoms in total. The van der Waals surface area contributed by atoms with Crippen LogP contribution >= 0.6 is 0 Å². The van der Waals surface area contributed by atoms with Crippen LogP contribution in [-0.4, -0.2) is 47.9 Å². The standard InChI is InChI=1S/C18H26N2O/c1-15(21)19-11-13-20(14-12-19)18-9-7-17(8-10-18)16-5-3-2-4-6-16/h2-6,17-18H,7-14H2,1H3. The first-order chi connectivity index (χ1) is 10.2. The average Bonchev–Trinajstić information content (AvgIpc) is 2.56. The van der Waals surface area contributed by atoms with Crippen molar-refractivity contribution in [2.45, 2.75) is 44.6 Å². The quantitative estimate of drug-likeness (QED) is 0.834. The number of amides is 1. The summed E-state index contributed by atoms with van der Waals surface area (Å²) in [5.41, 5.74) is 1.51. The van der Waals surface area contributed by atoms with Gasteiger partial charge in [-0.2, -0.15) is 0 Å². The summed E-state index contributed by atoms with van der Waals surface area (Å²) in [7, 11) is 0. The maximum Gasteiger partial charge on any atom is 0.219 e. The average molecular weight is 286 g/mol. The van der Waals surface area contributed by atoms with Crippen molar-refractivity contribution < 1.29 is 4.79 Å². The monoisotopic (exact) mass is 286 g/mol. The molecule has 3 heteroatoms. The van der Waals surface area contributed by atoms with Gasteiger partial charge in [-0.15, -0.1) is 0 Å². The van der Waals surface area contributed by atoms with E-state index in [1.165, 1.54) is 31.2 Å². The van der Waals surface area contributed by atoms with Crippen LogP contribution in [0.4, 0.5) is 0 Å². The van der Waals surface area contributed by atoms with Gasteiger partial charge in [-0.3, -0.25) is 9.69 Å². The number of piperazine rings is 1. The van der Waals surface area contributed by atoms with Gasteiger partial charge in [0.15, 0.2) is 0 Å². The summed E-state index contributed by atoms with van der Waals surface area (Å²) in [4.78, 5) is 16.0. The zero-order valence-electron chi connectivity index (χ0n) is 13.0. The highest BCUT2D eigenvalue weighted by Crippen LogP contribution is 2.34. The zero-order chi connectivity index (χ0) is 14.7. The van der Waals surface area contributed by atoms with Gasteiger partial charge in [0, 0.05) is 39.1 Å². The molecular weight excluding hydrogens is 260 g/mol. The van der Waals surface area contributed by atoms with Crippen molar-refractivity contribution in [3.05, 3.63) is 35.9 Å². The van der Waals surface area contributed by atoms with E-state index in [1.54, 1.807) is 6.92 Å². The Morgan fingerprint density at radius 3 is 2.14 bits per heavy atom. The summed E-state index contributed by atoms with van der Waals surface area (Å²) in [6, 6.07) is 11.7. The van der Waals surface area contributed by atoms with Gasteiger partial charge < -0.3 is 4.90 Å². The number of hydrogen-bond acceptors (Lipinski definition) is 2. The SMILES string of the molecule is CC(=O)N1CCN(C2CCC(c3ccccc3)CC2)CC1. The second-order valence-corrected chi connectivity index (χ2v) is 6.46. The van der Waals surface area contributed by atoms with Crippen LogP contribution in [0.25, 0.3) is 0 Å². The molecule has 1 aromatic rings. The minimum absolute atomic E-state index is 0.224. The van der Waals surface area contributed by atoms with Crippen molar-refractivity contribution in [2.24, 2.45) is 0 Å². The Balaban J connectivity index is 1.49. The molecule has 2 fully saturated rings. The number of benzene rings is 1. The van der Waals surface area contributed by atoms with E-state index in [0.717, 1.165) is 38.1 Å². The van der Waals surface area contributed by atoms with Gasteiger partial charge in [0.1, 0.15) is 0 Å². The highest BCUT2D eigenvalue weighted by molar-refractivity contribution is 5.73. The number of hydrogen-bond donors (Lipinski definition) is 0. The number of nitrogens with zero attached hydrogens (tertiary/aromatic N) is 2. The second kappa shape index (κ2) is 6.61. The molecule has 0 bridgehead atoms. The number of rotatable bonds is 2. The topological polar surface area (TPSA) is 23.6 Å². The summed E-state index contributed by atoms with van der Waals surface area (Å²) >= 11 is 0. The molecule has 1 heterocycles. The maximum atomic E-state index is 11.4. The Bertz CT molecular complexity index is 457. The molecular formula is C18H26N2O. The molecule has 1 aromatic carbocycles. The van der Waals surface area contributed by atoms with E-state index < -0.39 is 0 Å². The Kier molecular flexibility index (Phi) is 4.59. The minimum atomic E-state index is 0.224. The normalized spacial score (nSPS) is 27.6. The molecule has 2 aliphatic rings. The van der Waals surface area contributed by atoms with E-state index >= 15 is 0 Å². The fourth-order valence-corrected chi connectivity index (χ4v) is 3.90. The Morgan fingerprint density at radius 2 is 1.57 bits per heavy atom. The van der Waals surface area contributed by atoms with Crippen molar-refractivity contribution >= 4 is 5.91 Å². The lowest BCUT2D eigenvalue weighted by molar-refractivity contribution is -0.131. The van der Waals surface area contributed by atoms with E-state index in [2.05, 4.69) is 35.2 Å². The van der Waals surface area contributed by atoms with Gasteiger partial charge in [-0.05, 0) is 37.2 Å². The van der Waals surface area contributed by atoms with Crippen molar-refractivity contribution in [1.82, 2.24) is 9.80 Å². The Morgan fingerprint density at radius 1 is 0.952 bits per heavy atom. The summed E-state index contributed by atoms with van der Waals surface area (Å²) < 4.78 is 0. The van der Waals surface area contributed by atoms with Crippen molar-refractivity contribution in [3.63, 3.8) is 0 Å². The summed E-state index contributed by atoms with van der Waals surface area (Å²) in [5.74, 6) is 0.975. The molecule has 1 aliphatic carbocycles. The van der Waals surface area contributed by atoms with Gasteiger partial charge in [0.2, 0.25) is 5.91 Å². The van der Waals surface area contributed by atoms with Crippen LogP contribution in [0.15, 0.2) is 30.3 Å². The van der Waals surface area contributed by atoms with Gasteiger partial charge >= 0.3 is 0 Å². The molecule has 0 aromatic heterocycles. The van der Waals surface area contributed by atoms with Gasteiger partial charge in [-0.25, -0.2) is 0 Å². The van der Waals surface area contributed by atoms with Crippen molar-refractivity contribution in [1.29, 1.82) is 0 Å². The van der Waals surface area contributed by atoms with Crippen LogP contribution in [0.3, 0.4) is 0 Å². The molecule has 0 radical (unpaired) electrons. The summed E-state index contributed by atoms with van der Waals surface area (Å²) in [6.07, 6.45) is 5.22. The Hall–Kier alpha value is -1.35. The van der Waals surface area contributed by atoms with Crippen LogP contribution in [0.5, 0.6) is 0 Å². The maximum absolute atomic E-state index is 11.4. The zero-order valence-corrected chi connectivity index (χ0v) is 13.0. The fourth-order valence-electron chi connectivity index (χ4n) is 3.90. The summed E-state index contributed by atoms with van der Waals surface area (Å²) in [6.45, 7) is 5.61. The van der Waals surface area contributed by atoms with Gasteiger partial charge in [0.25, 0.3) is 0 Å². The fraction of sp³-hybridized carbons (Fsp3) is 0.611. The van der Waals surface area contributed by atoms with Crippen LogP contribution in [0, 0.1) is 0 Å². The predicted molar refractivity (Wildman–Crippen MR) is 85.3 cm³/mol. The molecule has 0 spiro atoms. The van der Waals surface area contributed by atoms with Crippen molar-refractivity contribution in [2.75, 3.05) is 26.2 Å². The third-order valence-corrected chi connectivity index (χ3v) is 5.24. The van der Waals surface area contributed by atoms with Crippen LogP contribution in [0.2, 0.25) is 0 Å². The molecule has 1 saturated carbocycles. The van der Waals surface area contributed by atoms with E-state index in [4.69, 9.17) is 0 Å². The first-order valence-electron chi connectivity index (χ1n) is 8.28. The smallest absolute Gasteiger partial charge is 0.219 e. The molecule has 21 heavy (non-hydrogen) atoms. The number of carbonyl (C=O) groups is 1. The van der Waals surface area contributed by atoms with Gasteiger partial charge in [0.05, 0.1) is 0 Å². The van der Waals surface area contributed by atoms with E-state index in [9.17, 15) is 4.79 Å². The molecule has 0 atom stereocenters. The van der Waals surface area contributed by atoms with E-state index in [0.29, 0.717) is 0 Å². The molecule has 114 valence electrons. The van der Waals surface area contributed by atoms with Gasteiger partial charge in [-0.1, -0.05) is 30.3 Å². The van der Waals surface area contributed by atoms with Crippen LogP contribution < -0.4 is 0 Å². The Labute approximate surface area is 127 Å². The molecule has 1 saturated heterocycles. The van der Waals surface area contributed by atoms with Crippen molar-refractivity contribution in [3.8, 4) is 0 Å². The molecule has 1 amide bonds. The lowest BCUT2D eigenvalue weighted by Gasteiger charge is -2.41.